The summed E-state index contributed by atoms with van der Waals surface area (Å²) in [6, 6.07) is 20.2. The zero-order valence-corrected chi connectivity index (χ0v) is 19.1. The number of hydrogen-bond donors (Lipinski definition) is 2. The lowest BCUT2D eigenvalue weighted by atomic mass is 9.88. The first-order chi connectivity index (χ1) is 15.1. The third kappa shape index (κ3) is 9.37. The van der Waals surface area contributed by atoms with Crippen LogP contribution in [0, 0.1) is 0 Å². The maximum Gasteiger partial charge on any atom is 0.242 e. The minimum absolute atomic E-state index is 0.0374. The van der Waals surface area contributed by atoms with Gasteiger partial charge in [-0.1, -0.05) is 99.7 Å². The molecular formula is C27H38N2O2. The Bertz CT molecular complexity index is 722. The van der Waals surface area contributed by atoms with E-state index in [1.165, 1.54) is 36.8 Å². The van der Waals surface area contributed by atoms with Crippen molar-refractivity contribution in [1.82, 2.24) is 10.6 Å². The van der Waals surface area contributed by atoms with Gasteiger partial charge >= 0.3 is 0 Å². The van der Waals surface area contributed by atoms with Crippen LogP contribution in [0.3, 0.4) is 0 Å². The average Bonchev–Trinajstić information content (AvgIpc) is 2.80. The first-order valence-corrected chi connectivity index (χ1v) is 11.8. The predicted octanol–water partition coefficient (Wildman–Crippen LogP) is 5.58. The number of hydrogen-bond acceptors (Lipinski definition) is 2. The fourth-order valence-corrected chi connectivity index (χ4v) is 3.83. The van der Waals surface area contributed by atoms with E-state index in [0.717, 1.165) is 19.3 Å². The van der Waals surface area contributed by atoms with E-state index in [9.17, 15) is 9.59 Å². The SMILES string of the molecule is CCCCCCCCC(=O)NC(C)C(=O)NCCC(c1ccccc1)c1ccccc1. The van der Waals surface area contributed by atoms with Crippen LogP contribution in [0.25, 0.3) is 0 Å². The summed E-state index contributed by atoms with van der Waals surface area (Å²) in [7, 11) is 0. The second kappa shape index (κ2) is 14.4. The van der Waals surface area contributed by atoms with E-state index < -0.39 is 6.04 Å². The maximum atomic E-state index is 12.5. The molecular weight excluding hydrogens is 384 g/mol. The largest absolute Gasteiger partial charge is 0.354 e. The number of carbonyl (C=O) groups is 2. The summed E-state index contributed by atoms with van der Waals surface area (Å²) in [5.74, 6) is 0.0565. The van der Waals surface area contributed by atoms with Gasteiger partial charge in [0, 0.05) is 18.9 Å². The lowest BCUT2D eigenvalue weighted by Crippen LogP contribution is -2.45. The van der Waals surface area contributed by atoms with Gasteiger partial charge in [-0.05, 0) is 30.9 Å². The standard InChI is InChI=1S/C27H38N2O2/c1-3-4-5-6-7-14-19-26(30)29-22(2)27(31)28-21-20-25(23-15-10-8-11-16-23)24-17-12-9-13-18-24/h8-13,15-18,22,25H,3-7,14,19-21H2,1-2H3,(H,28,31)(H,29,30). The minimum Gasteiger partial charge on any atom is -0.354 e. The first kappa shape index (κ1) is 24.6. The minimum atomic E-state index is -0.514. The van der Waals surface area contributed by atoms with Gasteiger partial charge in [0.25, 0.3) is 0 Å². The summed E-state index contributed by atoms with van der Waals surface area (Å²) < 4.78 is 0. The molecule has 0 aromatic heterocycles. The Morgan fingerprint density at radius 1 is 0.806 bits per heavy atom. The van der Waals surface area contributed by atoms with Crippen LogP contribution in [0.1, 0.15) is 82.3 Å². The molecule has 0 saturated heterocycles. The molecule has 0 aliphatic carbocycles. The van der Waals surface area contributed by atoms with E-state index in [1.807, 2.05) is 36.4 Å². The maximum absolute atomic E-state index is 12.5. The summed E-state index contributed by atoms with van der Waals surface area (Å²) in [5, 5.41) is 5.83. The van der Waals surface area contributed by atoms with E-state index in [1.54, 1.807) is 6.92 Å². The van der Waals surface area contributed by atoms with Gasteiger partial charge in [-0.25, -0.2) is 0 Å². The van der Waals surface area contributed by atoms with Gasteiger partial charge in [0.05, 0.1) is 0 Å². The molecule has 0 bridgehead atoms. The molecule has 2 rings (SSSR count). The summed E-state index contributed by atoms with van der Waals surface area (Å²) in [5.41, 5.74) is 2.48. The van der Waals surface area contributed by atoms with Gasteiger partial charge in [-0.3, -0.25) is 9.59 Å². The summed E-state index contributed by atoms with van der Waals surface area (Å²) in [4.78, 5) is 24.6. The molecule has 168 valence electrons. The Balaban J connectivity index is 1.75. The molecule has 2 N–H and O–H groups in total. The van der Waals surface area contributed by atoms with Gasteiger partial charge in [-0.15, -0.1) is 0 Å². The molecule has 4 nitrogen and oxygen atoms in total. The smallest absolute Gasteiger partial charge is 0.242 e. The number of carbonyl (C=O) groups excluding carboxylic acids is 2. The molecule has 0 fully saturated rings. The van der Waals surface area contributed by atoms with E-state index >= 15 is 0 Å². The third-order valence-electron chi connectivity index (χ3n) is 5.66. The molecule has 0 saturated carbocycles. The fraction of sp³-hybridized carbons (Fsp3) is 0.481. The van der Waals surface area contributed by atoms with Gasteiger partial charge in [-0.2, -0.15) is 0 Å². The molecule has 1 atom stereocenters. The topological polar surface area (TPSA) is 58.2 Å². The Morgan fingerprint density at radius 3 is 1.94 bits per heavy atom. The van der Waals surface area contributed by atoms with Crippen LogP contribution in [-0.4, -0.2) is 24.4 Å². The van der Waals surface area contributed by atoms with Gasteiger partial charge in [0.15, 0.2) is 0 Å². The van der Waals surface area contributed by atoms with Gasteiger partial charge in [0.1, 0.15) is 6.04 Å². The van der Waals surface area contributed by atoms with Gasteiger partial charge in [0.2, 0.25) is 11.8 Å². The average molecular weight is 423 g/mol. The van der Waals surface area contributed by atoms with Crippen molar-refractivity contribution in [2.75, 3.05) is 6.54 Å². The summed E-state index contributed by atoms with van der Waals surface area (Å²) >= 11 is 0. The molecule has 2 aromatic carbocycles. The Labute approximate surface area is 187 Å². The molecule has 0 aliphatic heterocycles. The van der Waals surface area contributed by atoms with Crippen LogP contribution < -0.4 is 10.6 Å². The zero-order chi connectivity index (χ0) is 22.3. The number of nitrogens with one attached hydrogen (secondary N) is 2. The van der Waals surface area contributed by atoms with Crippen molar-refractivity contribution in [3.63, 3.8) is 0 Å². The Hall–Kier alpha value is -2.62. The predicted molar refractivity (Wildman–Crippen MR) is 128 cm³/mol. The molecule has 0 spiro atoms. The molecule has 2 amide bonds. The van der Waals surface area contributed by atoms with Crippen LogP contribution in [0.4, 0.5) is 0 Å². The first-order valence-electron chi connectivity index (χ1n) is 11.8. The molecule has 0 aliphatic rings. The molecule has 2 aromatic rings. The fourth-order valence-electron chi connectivity index (χ4n) is 3.83. The van der Waals surface area contributed by atoms with E-state index in [0.29, 0.717) is 13.0 Å². The lowest BCUT2D eigenvalue weighted by Gasteiger charge is -2.19. The monoisotopic (exact) mass is 422 g/mol. The van der Waals surface area contributed by atoms with Crippen LogP contribution >= 0.6 is 0 Å². The third-order valence-corrected chi connectivity index (χ3v) is 5.66. The summed E-state index contributed by atoms with van der Waals surface area (Å²) in [6.07, 6.45) is 8.18. The highest BCUT2D eigenvalue weighted by Gasteiger charge is 2.17. The molecule has 0 heterocycles. The molecule has 4 heteroatoms. The van der Waals surface area contributed by atoms with E-state index in [4.69, 9.17) is 0 Å². The van der Waals surface area contributed by atoms with Crippen LogP contribution in [0.5, 0.6) is 0 Å². The number of rotatable bonds is 14. The van der Waals surface area contributed by atoms with Gasteiger partial charge < -0.3 is 10.6 Å². The number of amides is 2. The zero-order valence-electron chi connectivity index (χ0n) is 19.1. The van der Waals surface area contributed by atoms with E-state index in [2.05, 4.69) is 41.8 Å². The summed E-state index contributed by atoms with van der Waals surface area (Å²) in [6.45, 7) is 4.51. The van der Waals surface area contributed by atoms with Crippen LogP contribution in [0.2, 0.25) is 0 Å². The van der Waals surface area contributed by atoms with Crippen molar-refractivity contribution in [3.05, 3.63) is 71.8 Å². The normalized spacial score (nSPS) is 11.8. The van der Waals surface area contributed by atoms with Crippen molar-refractivity contribution in [2.45, 2.75) is 77.2 Å². The Morgan fingerprint density at radius 2 is 1.35 bits per heavy atom. The lowest BCUT2D eigenvalue weighted by molar-refractivity contribution is -0.128. The van der Waals surface area contributed by atoms with Crippen LogP contribution in [-0.2, 0) is 9.59 Å². The second-order valence-electron chi connectivity index (χ2n) is 8.26. The van der Waals surface area contributed by atoms with Crippen molar-refractivity contribution in [2.24, 2.45) is 0 Å². The van der Waals surface area contributed by atoms with Crippen molar-refractivity contribution < 1.29 is 9.59 Å². The highest BCUT2D eigenvalue weighted by Crippen LogP contribution is 2.27. The Kier molecular flexibility index (Phi) is 11.4. The molecule has 0 radical (unpaired) electrons. The second-order valence-corrected chi connectivity index (χ2v) is 8.26. The van der Waals surface area contributed by atoms with Crippen molar-refractivity contribution in [3.8, 4) is 0 Å². The molecule has 31 heavy (non-hydrogen) atoms. The van der Waals surface area contributed by atoms with Crippen molar-refractivity contribution >= 4 is 11.8 Å². The quantitative estimate of drug-likeness (QED) is 0.391. The van der Waals surface area contributed by atoms with E-state index in [-0.39, 0.29) is 17.7 Å². The van der Waals surface area contributed by atoms with Crippen molar-refractivity contribution in [1.29, 1.82) is 0 Å². The van der Waals surface area contributed by atoms with Crippen LogP contribution in [0.15, 0.2) is 60.7 Å². The number of unbranched alkanes of at least 4 members (excludes halogenated alkanes) is 5. The number of benzene rings is 2. The highest BCUT2D eigenvalue weighted by molar-refractivity contribution is 5.87. The molecule has 1 unspecified atom stereocenters. The highest BCUT2D eigenvalue weighted by atomic mass is 16.2.